The van der Waals surface area contributed by atoms with Gasteiger partial charge in [0.2, 0.25) is 0 Å². The van der Waals surface area contributed by atoms with Gasteiger partial charge in [-0.15, -0.1) is 5.10 Å². The van der Waals surface area contributed by atoms with Gasteiger partial charge in [0.15, 0.2) is 4.60 Å². The first-order valence-corrected chi connectivity index (χ1v) is 5.91. The standard InChI is InChI=1S/C11H12BrFN4/c1-7-5-8(13)3-4-9(7)14-6-10-11(12)15-16-17(10)2/h3-5,14H,6H2,1-2H3. The van der Waals surface area contributed by atoms with Gasteiger partial charge in [-0.2, -0.15) is 0 Å². The summed E-state index contributed by atoms with van der Waals surface area (Å²) >= 11 is 3.33. The molecule has 1 N–H and O–H groups in total. The summed E-state index contributed by atoms with van der Waals surface area (Å²) < 4.78 is 15.3. The van der Waals surface area contributed by atoms with Gasteiger partial charge in [0.05, 0.1) is 12.2 Å². The molecule has 6 heteroatoms. The lowest BCUT2D eigenvalue weighted by Gasteiger charge is -2.09. The van der Waals surface area contributed by atoms with Crippen LogP contribution in [0.5, 0.6) is 0 Å². The molecule has 0 unspecified atom stereocenters. The van der Waals surface area contributed by atoms with Crippen molar-refractivity contribution in [2.75, 3.05) is 5.32 Å². The van der Waals surface area contributed by atoms with Gasteiger partial charge in [-0.1, -0.05) is 5.21 Å². The largest absolute Gasteiger partial charge is 0.379 e. The average molecular weight is 299 g/mol. The third-order valence-electron chi connectivity index (χ3n) is 2.53. The van der Waals surface area contributed by atoms with Gasteiger partial charge >= 0.3 is 0 Å². The Labute approximate surface area is 107 Å². The highest BCUT2D eigenvalue weighted by atomic mass is 79.9. The van der Waals surface area contributed by atoms with E-state index in [9.17, 15) is 4.39 Å². The fourth-order valence-corrected chi connectivity index (χ4v) is 2.01. The fourth-order valence-electron chi connectivity index (χ4n) is 1.54. The zero-order chi connectivity index (χ0) is 12.4. The van der Waals surface area contributed by atoms with Gasteiger partial charge in [-0.05, 0) is 46.6 Å². The minimum atomic E-state index is -0.226. The van der Waals surface area contributed by atoms with Crippen molar-refractivity contribution in [3.63, 3.8) is 0 Å². The maximum atomic E-state index is 12.9. The number of aryl methyl sites for hydroxylation is 2. The minimum Gasteiger partial charge on any atom is -0.379 e. The number of anilines is 1. The van der Waals surface area contributed by atoms with Crippen molar-refractivity contribution in [3.8, 4) is 0 Å². The second-order valence-corrected chi connectivity index (χ2v) is 4.51. The molecule has 0 amide bonds. The minimum absolute atomic E-state index is 0.226. The Balaban J connectivity index is 2.13. The van der Waals surface area contributed by atoms with Crippen LogP contribution in [0.25, 0.3) is 0 Å². The molecule has 0 bridgehead atoms. The van der Waals surface area contributed by atoms with Crippen molar-refractivity contribution in [2.45, 2.75) is 13.5 Å². The molecule has 4 nitrogen and oxygen atoms in total. The van der Waals surface area contributed by atoms with Crippen molar-refractivity contribution >= 4 is 21.6 Å². The number of rotatable bonds is 3. The summed E-state index contributed by atoms with van der Waals surface area (Å²) in [5.74, 6) is -0.226. The third-order valence-corrected chi connectivity index (χ3v) is 3.15. The summed E-state index contributed by atoms with van der Waals surface area (Å²) in [7, 11) is 1.83. The van der Waals surface area contributed by atoms with E-state index in [0.29, 0.717) is 11.1 Å². The zero-order valence-corrected chi connectivity index (χ0v) is 11.1. The average Bonchev–Trinajstić information content (AvgIpc) is 2.58. The summed E-state index contributed by atoms with van der Waals surface area (Å²) in [6.07, 6.45) is 0. The number of hydrogen-bond acceptors (Lipinski definition) is 3. The second kappa shape index (κ2) is 4.83. The van der Waals surface area contributed by atoms with E-state index in [-0.39, 0.29) is 5.82 Å². The van der Waals surface area contributed by atoms with E-state index >= 15 is 0 Å². The molecule has 2 aromatic rings. The molecule has 0 radical (unpaired) electrons. The Bertz CT molecular complexity index is 519. The molecule has 1 heterocycles. The monoisotopic (exact) mass is 298 g/mol. The van der Waals surface area contributed by atoms with Gasteiger partial charge in [-0.3, -0.25) is 0 Å². The number of aromatic nitrogens is 3. The predicted molar refractivity (Wildman–Crippen MR) is 67.2 cm³/mol. The molecule has 0 aliphatic heterocycles. The van der Waals surface area contributed by atoms with Crippen LogP contribution in [0, 0.1) is 12.7 Å². The molecule has 1 aromatic carbocycles. The quantitative estimate of drug-likeness (QED) is 0.947. The van der Waals surface area contributed by atoms with Crippen LogP contribution in [-0.4, -0.2) is 15.0 Å². The molecule has 2 rings (SSSR count). The molecule has 17 heavy (non-hydrogen) atoms. The molecule has 0 saturated carbocycles. The van der Waals surface area contributed by atoms with Gasteiger partial charge in [0.25, 0.3) is 0 Å². The van der Waals surface area contributed by atoms with E-state index in [2.05, 4.69) is 31.6 Å². The first-order chi connectivity index (χ1) is 8.08. The second-order valence-electron chi connectivity index (χ2n) is 3.76. The molecular weight excluding hydrogens is 287 g/mol. The van der Waals surface area contributed by atoms with Crippen LogP contribution in [0.4, 0.5) is 10.1 Å². The molecule has 0 saturated heterocycles. The predicted octanol–water partition coefficient (Wildman–Crippen LogP) is 2.64. The van der Waals surface area contributed by atoms with E-state index in [1.165, 1.54) is 12.1 Å². The lowest BCUT2D eigenvalue weighted by atomic mass is 10.2. The van der Waals surface area contributed by atoms with Crippen LogP contribution >= 0.6 is 15.9 Å². The lowest BCUT2D eigenvalue weighted by Crippen LogP contribution is -2.07. The number of nitrogens with one attached hydrogen (secondary N) is 1. The number of halogens is 2. The summed E-state index contributed by atoms with van der Waals surface area (Å²) in [5, 5.41) is 11.0. The van der Waals surface area contributed by atoms with Gasteiger partial charge in [0, 0.05) is 12.7 Å². The maximum absolute atomic E-state index is 12.9. The van der Waals surface area contributed by atoms with E-state index < -0.39 is 0 Å². The van der Waals surface area contributed by atoms with Gasteiger partial charge < -0.3 is 5.32 Å². The summed E-state index contributed by atoms with van der Waals surface area (Å²) in [5.41, 5.74) is 2.71. The normalized spacial score (nSPS) is 10.6. The molecule has 0 spiro atoms. The molecule has 0 aliphatic carbocycles. The Hall–Kier alpha value is -1.43. The summed E-state index contributed by atoms with van der Waals surface area (Å²) in [6, 6.07) is 4.66. The smallest absolute Gasteiger partial charge is 0.153 e. The zero-order valence-electron chi connectivity index (χ0n) is 9.54. The third kappa shape index (κ3) is 2.63. The molecule has 0 atom stereocenters. The topological polar surface area (TPSA) is 42.7 Å². The van der Waals surface area contributed by atoms with Crippen molar-refractivity contribution in [1.82, 2.24) is 15.0 Å². The number of hydrogen-bond donors (Lipinski definition) is 1. The van der Waals surface area contributed by atoms with E-state index in [4.69, 9.17) is 0 Å². The highest BCUT2D eigenvalue weighted by Crippen LogP contribution is 2.18. The Morgan fingerprint density at radius 2 is 2.24 bits per heavy atom. The van der Waals surface area contributed by atoms with Crippen LogP contribution < -0.4 is 5.32 Å². The van der Waals surface area contributed by atoms with E-state index in [0.717, 1.165) is 16.9 Å². The summed E-state index contributed by atoms with van der Waals surface area (Å²) in [4.78, 5) is 0. The SMILES string of the molecule is Cc1cc(F)ccc1NCc1c(Br)nnn1C. The molecule has 1 aromatic heterocycles. The first kappa shape index (κ1) is 12.0. The molecular formula is C11H12BrFN4. The first-order valence-electron chi connectivity index (χ1n) is 5.12. The highest BCUT2D eigenvalue weighted by Gasteiger charge is 2.08. The lowest BCUT2D eigenvalue weighted by molar-refractivity contribution is 0.626. The number of nitrogens with zero attached hydrogens (tertiary/aromatic N) is 3. The molecule has 90 valence electrons. The molecule has 0 aliphatic rings. The number of benzene rings is 1. The van der Waals surface area contributed by atoms with Crippen LogP contribution in [-0.2, 0) is 13.6 Å². The molecule has 0 fully saturated rings. The Morgan fingerprint density at radius 1 is 1.47 bits per heavy atom. The van der Waals surface area contributed by atoms with Crippen molar-refractivity contribution in [1.29, 1.82) is 0 Å². The van der Waals surface area contributed by atoms with Crippen LogP contribution in [0.15, 0.2) is 22.8 Å². The van der Waals surface area contributed by atoms with Crippen molar-refractivity contribution < 1.29 is 4.39 Å². The van der Waals surface area contributed by atoms with Crippen LogP contribution in [0.3, 0.4) is 0 Å². The maximum Gasteiger partial charge on any atom is 0.153 e. The van der Waals surface area contributed by atoms with Gasteiger partial charge in [0.1, 0.15) is 5.82 Å². The van der Waals surface area contributed by atoms with Crippen molar-refractivity contribution in [3.05, 3.63) is 39.9 Å². The summed E-state index contributed by atoms with van der Waals surface area (Å²) in [6.45, 7) is 2.44. The van der Waals surface area contributed by atoms with Crippen LogP contribution in [0.2, 0.25) is 0 Å². The van der Waals surface area contributed by atoms with Crippen molar-refractivity contribution in [2.24, 2.45) is 7.05 Å². The van der Waals surface area contributed by atoms with Crippen LogP contribution in [0.1, 0.15) is 11.3 Å². The fraction of sp³-hybridized carbons (Fsp3) is 0.273. The van der Waals surface area contributed by atoms with E-state index in [1.54, 1.807) is 10.7 Å². The van der Waals surface area contributed by atoms with E-state index in [1.807, 2.05) is 14.0 Å². The Morgan fingerprint density at radius 3 is 2.82 bits per heavy atom. The van der Waals surface area contributed by atoms with Gasteiger partial charge in [-0.25, -0.2) is 9.07 Å². The Kier molecular flexibility index (Phi) is 3.42. The highest BCUT2D eigenvalue weighted by molar-refractivity contribution is 9.10.